The first-order chi connectivity index (χ1) is 28.5. The molecule has 1 aliphatic rings. The summed E-state index contributed by atoms with van der Waals surface area (Å²) in [6, 6.07) is 71.3. The lowest BCUT2D eigenvalue weighted by Gasteiger charge is -2.26. The molecule has 0 saturated carbocycles. The van der Waals surface area contributed by atoms with E-state index in [4.69, 9.17) is 10.2 Å². The minimum atomic E-state index is -0.117. The average Bonchev–Trinajstić information content (AvgIpc) is 3.94. The highest BCUT2D eigenvalue weighted by Gasteiger charge is 2.35. The second-order valence-corrected chi connectivity index (χ2v) is 15.6. The van der Waals surface area contributed by atoms with Crippen LogP contribution in [0.15, 0.2) is 200 Å². The van der Waals surface area contributed by atoms with E-state index in [2.05, 4.69) is 222 Å². The first kappa shape index (κ1) is 33.8. The van der Waals surface area contributed by atoms with Crippen LogP contribution in [-0.2, 0) is 5.41 Å². The van der Waals surface area contributed by atoms with E-state index in [0.717, 1.165) is 51.2 Å². The van der Waals surface area contributed by atoms with Gasteiger partial charge in [-0.25, -0.2) is 0 Å². The maximum Gasteiger partial charge on any atom is 0.168 e. The van der Waals surface area contributed by atoms with Gasteiger partial charge in [0.25, 0.3) is 0 Å². The molecule has 8 aromatic carbocycles. The van der Waals surface area contributed by atoms with Crippen molar-refractivity contribution in [2.45, 2.75) is 19.3 Å². The monoisotopic (exact) mass is 745 g/mol. The van der Waals surface area contributed by atoms with Crippen LogP contribution in [0.1, 0.15) is 25.0 Å². The Morgan fingerprint density at radius 1 is 0.397 bits per heavy atom. The number of hydrogen-bond acceptors (Lipinski definition) is 3. The number of nitrogens with zero attached hydrogens (tertiary/aromatic N) is 5. The zero-order chi connectivity index (χ0) is 38.8. The van der Waals surface area contributed by atoms with Crippen LogP contribution in [0.2, 0.25) is 0 Å². The number of para-hydroxylation sites is 4. The third kappa shape index (κ3) is 5.31. The van der Waals surface area contributed by atoms with Gasteiger partial charge in [0.05, 0.1) is 11.0 Å². The Morgan fingerprint density at radius 2 is 0.879 bits per heavy atom. The van der Waals surface area contributed by atoms with Crippen molar-refractivity contribution in [2.75, 3.05) is 4.90 Å². The quantitative estimate of drug-likeness (QED) is 0.163. The first-order valence-electron chi connectivity index (χ1n) is 19.8. The molecule has 5 heteroatoms. The van der Waals surface area contributed by atoms with E-state index >= 15 is 0 Å². The Hall–Kier alpha value is -7.50. The van der Waals surface area contributed by atoms with Crippen LogP contribution in [-0.4, -0.2) is 19.3 Å². The molecule has 0 aliphatic heterocycles. The molecule has 0 saturated heterocycles. The van der Waals surface area contributed by atoms with Crippen molar-refractivity contribution in [3.05, 3.63) is 211 Å². The molecule has 0 amide bonds. The van der Waals surface area contributed by atoms with Crippen LogP contribution in [0.5, 0.6) is 0 Å². The second-order valence-electron chi connectivity index (χ2n) is 15.6. The summed E-state index contributed by atoms with van der Waals surface area (Å²) in [4.78, 5) is 2.30. The van der Waals surface area contributed by atoms with Crippen molar-refractivity contribution in [1.82, 2.24) is 19.3 Å². The molecule has 0 spiro atoms. The fourth-order valence-corrected chi connectivity index (χ4v) is 9.06. The summed E-state index contributed by atoms with van der Waals surface area (Å²) in [7, 11) is 0. The smallest absolute Gasteiger partial charge is 0.168 e. The molecule has 0 bridgehead atoms. The highest BCUT2D eigenvalue weighted by Crippen LogP contribution is 2.49. The Morgan fingerprint density at radius 3 is 1.55 bits per heavy atom. The maximum absolute atomic E-state index is 4.88. The van der Waals surface area contributed by atoms with Crippen molar-refractivity contribution in [3.8, 4) is 45.3 Å². The molecule has 0 fully saturated rings. The highest BCUT2D eigenvalue weighted by atomic mass is 15.3. The summed E-state index contributed by atoms with van der Waals surface area (Å²) >= 11 is 0. The van der Waals surface area contributed by atoms with E-state index < -0.39 is 0 Å². The minimum absolute atomic E-state index is 0.117. The molecule has 0 atom stereocenters. The number of anilines is 3. The van der Waals surface area contributed by atoms with Gasteiger partial charge in [0.1, 0.15) is 0 Å². The van der Waals surface area contributed by atoms with E-state index in [-0.39, 0.29) is 5.41 Å². The van der Waals surface area contributed by atoms with Crippen LogP contribution in [0.25, 0.3) is 67.1 Å². The Kier molecular flexibility index (Phi) is 7.76. The van der Waals surface area contributed by atoms with E-state index in [0.29, 0.717) is 0 Å². The van der Waals surface area contributed by atoms with Gasteiger partial charge in [-0.15, -0.1) is 10.2 Å². The molecule has 5 nitrogen and oxygen atoms in total. The molecular weight excluding hydrogens is 707 g/mol. The number of benzene rings is 8. The number of aromatic nitrogens is 4. The third-order valence-electron chi connectivity index (χ3n) is 11.9. The van der Waals surface area contributed by atoms with Crippen LogP contribution >= 0.6 is 0 Å². The summed E-state index contributed by atoms with van der Waals surface area (Å²) in [5.41, 5.74) is 14.9. The third-order valence-corrected chi connectivity index (χ3v) is 11.9. The molecule has 1 aliphatic carbocycles. The van der Waals surface area contributed by atoms with Crippen molar-refractivity contribution in [3.63, 3.8) is 0 Å². The summed E-state index contributed by atoms with van der Waals surface area (Å²) in [6.07, 6.45) is 0. The molecule has 11 rings (SSSR count). The molecule has 0 N–H and O–H groups in total. The SMILES string of the molecule is CC1(C)c2ccccc2-c2ccc(-c3nnc(-c4ccc(N(c5ccccc5)c5ccc(-n6c7ccccc7c7ccccc76)cc5)cc4)n3-c3ccccc3)cc21. The van der Waals surface area contributed by atoms with Crippen LogP contribution in [0.3, 0.4) is 0 Å². The standard InChI is InChI=1S/C53H39N5/c1-53(2)47-22-12-9-19-43(47)44-34-27-37(35-48(44)53)52-55-54-51(58(52)39-17-7-4-8-18-39)36-25-28-40(29-26-36)56(38-15-5-3-6-16-38)41-30-32-42(33-31-41)57-49-23-13-10-20-45(49)46-21-11-14-24-50(46)57/h3-35H,1-2H3. The number of rotatable bonds is 7. The van der Waals surface area contributed by atoms with Gasteiger partial charge in [0.2, 0.25) is 0 Å². The zero-order valence-corrected chi connectivity index (χ0v) is 32.3. The van der Waals surface area contributed by atoms with Crippen LogP contribution in [0.4, 0.5) is 17.1 Å². The van der Waals surface area contributed by atoms with Gasteiger partial charge in [-0.1, -0.05) is 123 Å². The van der Waals surface area contributed by atoms with E-state index in [1.807, 2.05) is 6.07 Å². The van der Waals surface area contributed by atoms with Gasteiger partial charge in [-0.2, -0.15) is 0 Å². The molecule has 10 aromatic rings. The van der Waals surface area contributed by atoms with Gasteiger partial charge in [0, 0.05) is 55.8 Å². The van der Waals surface area contributed by atoms with Gasteiger partial charge in [0.15, 0.2) is 11.6 Å². The fraction of sp³-hybridized carbons (Fsp3) is 0.0566. The largest absolute Gasteiger partial charge is 0.311 e. The predicted octanol–water partition coefficient (Wildman–Crippen LogP) is 13.5. The molecule has 2 heterocycles. The summed E-state index contributed by atoms with van der Waals surface area (Å²) in [5, 5.41) is 12.3. The Bertz CT molecular complexity index is 3070. The van der Waals surface area contributed by atoms with E-state index in [9.17, 15) is 0 Å². The minimum Gasteiger partial charge on any atom is -0.311 e. The van der Waals surface area contributed by atoms with Gasteiger partial charge in [-0.3, -0.25) is 4.57 Å². The molecule has 58 heavy (non-hydrogen) atoms. The van der Waals surface area contributed by atoms with E-state index in [1.165, 1.54) is 44.1 Å². The summed E-state index contributed by atoms with van der Waals surface area (Å²) < 4.78 is 4.55. The van der Waals surface area contributed by atoms with Crippen LogP contribution in [0, 0.1) is 0 Å². The van der Waals surface area contributed by atoms with Gasteiger partial charge >= 0.3 is 0 Å². The summed E-state index contributed by atoms with van der Waals surface area (Å²) in [5.74, 6) is 1.60. The van der Waals surface area contributed by atoms with Crippen molar-refractivity contribution in [2.24, 2.45) is 0 Å². The van der Waals surface area contributed by atoms with Crippen molar-refractivity contribution in [1.29, 1.82) is 0 Å². The fourth-order valence-electron chi connectivity index (χ4n) is 9.06. The van der Waals surface area contributed by atoms with Crippen LogP contribution < -0.4 is 4.90 Å². The van der Waals surface area contributed by atoms with E-state index in [1.54, 1.807) is 0 Å². The number of fused-ring (bicyclic) bond motifs is 6. The lowest BCUT2D eigenvalue weighted by molar-refractivity contribution is 0.660. The normalized spacial score (nSPS) is 12.8. The van der Waals surface area contributed by atoms with Crippen molar-refractivity contribution < 1.29 is 0 Å². The average molecular weight is 746 g/mol. The molecule has 276 valence electrons. The Balaban J connectivity index is 0.982. The maximum atomic E-state index is 4.88. The lowest BCUT2D eigenvalue weighted by atomic mass is 9.82. The highest BCUT2D eigenvalue weighted by molar-refractivity contribution is 6.09. The summed E-state index contributed by atoms with van der Waals surface area (Å²) in [6.45, 7) is 4.63. The number of hydrogen-bond donors (Lipinski definition) is 0. The zero-order valence-electron chi connectivity index (χ0n) is 32.3. The molecule has 0 unspecified atom stereocenters. The lowest BCUT2D eigenvalue weighted by Crippen LogP contribution is -2.15. The topological polar surface area (TPSA) is 38.9 Å². The van der Waals surface area contributed by atoms with Gasteiger partial charge in [-0.05, 0) is 113 Å². The van der Waals surface area contributed by atoms with Gasteiger partial charge < -0.3 is 9.47 Å². The second kappa shape index (κ2) is 13.3. The molecule has 0 radical (unpaired) electrons. The van der Waals surface area contributed by atoms with Crippen molar-refractivity contribution >= 4 is 38.9 Å². The first-order valence-corrected chi connectivity index (χ1v) is 19.8. The molecule has 2 aromatic heterocycles. The predicted molar refractivity (Wildman–Crippen MR) is 239 cm³/mol. The molecular formula is C53H39N5. The Labute approximate surface area is 337 Å².